The van der Waals surface area contributed by atoms with E-state index in [0.29, 0.717) is 42.6 Å². The van der Waals surface area contributed by atoms with Crippen LogP contribution in [-0.4, -0.2) is 61.7 Å². The number of rotatable bonds is 4. The van der Waals surface area contributed by atoms with Crippen LogP contribution < -0.4 is 5.32 Å². The summed E-state index contributed by atoms with van der Waals surface area (Å²) in [7, 11) is -1.63. The lowest BCUT2D eigenvalue weighted by molar-refractivity contribution is 0.102. The van der Waals surface area contributed by atoms with Crippen molar-refractivity contribution >= 4 is 44.1 Å². The Morgan fingerprint density at radius 3 is 2.59 bits per heavy atom. The Kier molecular flexibility index (Phi) is 5.35. The first kappa shape index (κ1) is 19.9. The quantitative estimate of drug-likeness (QED) is 0.663. The van der Waals surface area contributed by atoms with Crippen LogP contribution in [0.3, 0.4) is 0 Å². The highest BCUT2D eigenvalue weighted by Crippen LogP contribution is 2.23. The van der Waals surface area contributed by atoms with Crippen LogP contribution in [0.4, 0.5) is 5.69 Å². The van der Waals surface area contributed by atoms with Crippen LogP contribution in [0.1, 0.15) is 10.5 Å². The first-order valence-corrected chi connectivity index (χ1v) is 11.0. The van der Waals surface area contributed by atoms with Gasteiger partial charge in [0, 0.05) is 47.8 Å². The highest BCUT2D eigenvalue weighted by molar-refractivity contribution is 7.89. The minimum Gasteiger partial charge on any atom is -0.351 e. The molecule has 1 fully saturated rings. The summed E-state index contributed by atoms with van der Waals surface area (Å²) in [5.41, 5.74) is 1.59. The van der Waals surface area contributed by atoms with Crippen molar-refractivity contribution in [3.63, 3.8) is 0 Å². The van der Waals surface area contributed by atoms with E-state index < -0.39 is 10.0 Å². The third kappa shape index (κ3) is 4.16. The lowest BCUT2D eigenvalue weighted by Gasteiger charge is -2.31. The Labute approximate surface area is 174 Å². The molecule has 7 nitrogen and oxygen atoms in total. The molecule has 2 aromatic carbocycles. The molecule has 29 heavy (non-hydrogen) atoms. The molecule has 3 aromatic rings. The molecule has 0 atom stereocenters. The molecule has 0 unspecified atom stereocenters. The number of nitrogens with one attached hydrogen (secondary N) is 2. The van der Waals surface area contributed by atoms with Gasteiger partial charge >= 0.3 is 0 Å². The van der Waals surface area contributed by atoms with Crippen molar-refractivity contribution in [3.05, 3.63) is 59.2 Å². The van der Waals surface area contributed by atoms with E-state index in [-0.39, 0.29) is 10.8 Å². The van der Waals surface area contributed by atoms with Gasteiger partial charge in [-0.15, -0.1) is 0 Å². The maximum absolute atomic E-state index is 12.9. The van der Waals surface area contributed by atoms with Crippen molar-refractivity contribution in [3.8, 4) is 0 Å². The van der Waals surface area contributed by atoms with Gasteiger partial charge in [-0.3, -0.25) is 4.79 Å². The second-order valence-corrected chi connectivity index (χ2v) is 9.48. The molecule has 0 radical (unpaired) electrons. The largest absolute Gasteiger partial charge is 0.351 e. The summed E-state index contributed by atoms with van der Waals surface area (Å²) >= 11 is 5.99. The number of anilines is 1. The molecule has 1 aliphatic heterocycles. The molecular weight excluding hydrogens is 412 g/mol. The molecule has 1 amide bonds. The summed E-state index contributed by atoms with van der Waals surface area (Å²) in [6, 6.07) is 13.4. The zero-order valence-electron chi connectivity index (χ0n) is 15.9. The monoisotopic (exact) mass is 432 g/mol. The summed E-state index contributed by atoms with van der Waals surface area (Å²) < 4.78 is 27.3. The number of amides is 1. The van der Waals surface area contributed by atoms with Crippen LogP contribution in [0.25, 0.3) is 10.9 Å². The van der Waals surface area contributed by atoms with Crippen LogP contribution in [-0.2, 0) is 10.0 Å². The third-order valence-electron chi connectivity index (χ3n) is 5.02. The fourth-order valence-corrected chi connectivity index (χ4v) is 4.99. The van der Waals surface area contributed by atoms with E-state index in [2.05, 4.69) is 15.2 Å². The maximum Gasteiger partial charge on any atom is 0.272 e. The lowest BCUT2D eigenvalue weighted by Crippen LogP contribution is -2.47. The third-order valence-corrected chi connectivity index (χ3v) is 7.15. The predicted molar refractivity (Wildman–Crippen MR) is 114 cm³/mol. The number of benzene rings is 2. The number of sulfonamides is 1. The number of carbonyl (C=O) groups excluding carboxylic acids is 1. The van der Waals surface area contributed by atoms with E-state index in [4.69, 9.17) is 11.6 Å². The van der Waals surface area contributed by atoms with Crippen LogP contribution >= 0.6 is 11.6 Å². The predicted octanol–water partition coefficient (Wildman–Crippen LogP) is 3.01. The standard InChI is InChI=1S/C20H21ClN4O3S/c1-24-7-9-25(10-8-24)29(27,28)17-4-2-3-16(13-17)22-20(26)19-12-14-11-15(21)5-6-18(14)23-19/h2-6,11-13,23H,7-10H2,1H3,(H,22,26). The SMILES string of the molecule is CN1CCN(S(=O)(=O)c2cccc(NC(=O)c3cc4cc(Cl)ccc4[nH]3)c2)CC1. The molecule has 0 spiro atoms. The zero-order chi connectivity index (χ0) is 20.6. The Balaban J connectivity index is 1.54. The molecule has 1 aromatic heterocycles. The number of nitrogens with zero attached hydrogens (tertiary/aromatic N) is 2. The number of aromatic nitrogens is 1. The van der Waals surface area contributed by atoms with Gasteiger partial charge in [-0.2, -0.15) is 4.31 Å². The van der Waals surface area contributed by atoms with Gasteiger partial charge in [0.25, 0.3) is 5.91 Å². The van der Waals surface area contributed by atoms with Gasteiger partial charge in [-0.05, 0) is 49.5 Å². The molecule has 2 N–H and O–H groups in total. The molecule has 1 saturated heterocycles. The number of aromatic amines is 1. The van der Waals surface area contributed by atoms with Crippen LogP contribution in [0, 0.1) is 0 Å². The van der Waals surface area contributed by atoms with Gasteiger partial charge < -0.3 is 15.2 Å². The summed E-state index contributed by atoms with van der Waals surface area (Å²) in [6.07, 6.45) is 0. The van der Waals surface area contributed by atoms with E-state index in [9.17, 15) is 13.2 Å². The van der Waals surface area contributed by atoms with Gasteiger partial charge in [0.05, 0.1) is 4.90 Å². The first-order valence-electron chi connectivity index (χ1n) is 9.21. The minimum atomic E-state index is -3.60. The molecule has 9 heteroatoms. The van der Waals surface area contributed by atoms with Crippen LogP contribution in [0.5, 0.6) is 0 Å². The van der Waals surface area contributed by atoms with Gasteiger partial charge in [-0.1, -0.05) is 17.7 Å². The summed E-state index contributed by atoms with van der Waals surface area (Å²) in [6.45, 7) is 2.29. The molecule has 0 saturated carbocycles. The summed E-state index contributed by atoms with van der Waals surface area (Å²) in [5.74, 6) is -0.355. The highest BCUT2D eigenvalue weighted by Gasteiger charge is 2.27. The highest BCUT2D eigenvalue weighted by atomic mass is 35.5. The van der Waals surface area contributed by atoms with Crippen molar-refractivity contribution in [2.75, 3.05) is 38.5 Å². The van der Waals surface area contributed by atoms with Gasteiger partial charge in [0.15, 0.2) is 0 Å². The van der Waals surface area contributed by atoms with E-state index in [1.807, 2.05) is 7.05 Å². The molecule has 1 aliphatic rings. The maximum atomic E-state index is 12.9. The van der Waals surface area contributed by atoms with Gasteiger partial charge in [-0.25, -0.2) is 8.42 Å². The lowest BCUT2D eigenvalue weighted by atomic mass is 10.2. The Hall–Kier alpha value is -2.39. The van der Waals surface area contributed by atoms with E-state index in [1.54, 1.807) is 42.5 Å². The fraction of sp³-hybridized carbons (Fsp3) is 0.250. The number of fused-ring (bicyclic) bond motifs is 1. The Morgan fingerprint density at radius 1 is 1.07 bits per heavy atom. The molecule has 2 heterocycles. The number of carbonyl (C=O) groups is 1. The second kappa shape index (κ2) is 7.79. The smallest absolute Gasteiger partial charge is 0.272 e. The normalized spacial score (nSPS) is 16.2. The van der Waals surface area contributed by atoms with Crippen molar-refractivity contribution in [2.24, 2.45) is 0 Å². The number of halogens is 1. The zero-order valence-corrected chi connectivity index (χ0v) is 17.4. The van der Waals surface area contributed by atoms with Gasteiger partial charge in [0.2, 0.25) is 10.0 Å². The molecule has 152 valence electrons. The number of likely N-dealkylation sites (N-methyl/N-ethyl adjacent to an activating group) is 1. The van der Waals surface area contributed by atoms with Crippen molar-refractivity contribution < 1.29 is 13.2 Å². The number of piperazine rings is 1. The second-order valence-electron chi connectivity index (χ2n) is 7.10. The van der Waals surface area contributed by atoms with Crippen molar-refractivity contribution in [1.29, 1.82) is 0 Å². The number of hydrogen-bond donors (Lipinski definition) is 2. The topological polar surface area (TPSA) is 85.5 Å². The van der Waals surface area contributed by atoms with Crippen LogP contribution in [0.2, 0.25) is 5.02 Å². The van der Waals surface area contributed by atoms with Crippen molar-refractivity contribution in [1.82, 2.24) is 14.2 Å². The first-order chi connectivity index (χ1) is 13.8. The molecule has 4 rings (SSSR count). The molecule has 0 bridgehead atoms. The van der Waals surface area contributed by atoms with E-state index in [0.717, 1.165) is 10.9 Å². The number of hydrogen-bond acceptors (Lipinski definition) is 4. The fourth-order valence-electron chi connectivity index (χ4n) is 3.34. The van der Waals surface area contributed by atoms with Crippen LogP contribution in [0.15, 0.2) is 53.4 Å². The number of H-pyrrole nitrogens is 1. The average molecular weight is 433 g/mol. The average Bonchev–Trinajstić information content (AvgIpc) is 3.12. The van der Waals surface area contributed by atoms with Crippen molar-refractivity contribution in [2.45, 2.75) is 4.90 Å². The van der Waals surface area contributed by atoms with E-state index >= 15 is 0 Å². The summed E-state index contributed by atoms with van der Waals surface area (Å²) in [4.78, 5) is 17.9. The Morgan fingerprint density at radius 2 is 1.83 bits per heavy atom. The molecular formula is C20H21ClN4O3S. The van der Waals surface area contributed by atoms with Gasteiger partial charge in [0.1, 0.15) is 5.69 Å². The van der Waals surface area contributed by atoms with E-state index in [1.165, 1.54) is 10.4 Å². The molecule has 0 aliphatic carbocycles. The summed E-state index contributed by atoms with van der Waals surface area (Å²) in [5, 5.41) is 4.18. The Bertz CT molecular complexity index is 1170. The minimum absolute atomic E-state index is 0.170.